The Morgan fingerprint density at radius 2 is 1.33 bits per heavy atom. The van der Waals surface area contributed by atoms with Gasteiger partial charge in [-0.25, -0.2) is 0 Å². The van der Waals surface area contributed by atoms with Crippen LogP contribution in [0.15, 0.2) is 0 Å². The molecule has 2 nitrogen and oxygen atoms in total. The Morgan fingerprint density at radius 3 is 1.83 bits per heavy atom. The summed E-state index contributed by atoms with van der Waals surface area (Å²) in [6.07, 6.45) is 11.9. The predicted molar refractivity (Wildman–Crippen MR) is 80.4 cm³/mol. The number of rotatable bonds is 12. The second kappa shape index (κ2) is 12.0. The van der Waals surface area contributed by atoms with Crippen molar-refractivity contribution < 1.29 is 5.11 Å². The average molecular weight is 257 g/mol. The van der Waals surface area contributed by atoms with Gasteiger partial charge < -0.3 is 10.8 Å². The first-order valence-corrected chi connectivity index (χ1v) is 7.99. The summed E-state index contributed by atoms with van der Waals surface area (Å²) in [5, 5.41) is 8.92. The van der Waals surface area contributed by atoms with Crippen LogP contribution in [0.4, 0.5) is 0 Å². The maximum absolute atomic E-state index is 8.92. The molecule has 0 spiro atoms. The molecule has 2 heteroatoms. The van der Waals surface area contributed by atoms with E-state index in [-0.39, 0.29) is 0 Å². The highest BCUT2D eigenvalue weighted by Crippen LogP contribution is 2.20. The molecule has 3 N–H and O–H groups in total. The molecule has 0 radical (unpaired) electrons. The Bertz CT molecular complexity index is 170. The normalized spacial score (nSPS) is 16.5. The second-order valence-electron chi connectivity index (χ2n) is 6.12. The van der Waals surface area contributed by atoms with Crippen molar-refractivity contribution in [3.8, 4) is 0 Å². The number of aliphatic hydroxyl groups is 1. The van der Waals surface area contributed by atoms with Crippen LogP contribution in [0.5, 0.6) is 0 Å². The van der Waals surface area contributed by atoms with E-state index in [0.29, 0.717) is 0 Å². The lowest BCUT2D eigenvalue weighted by molar-refractivity contribution is 0.168. The van der Waals surface area contributed by atoms with Crippen LogP contribution in [-0.2, 0) is 0 Å². The zero-order chi connectivity index (χ0) is 13.8. The summed E-state index contributed by atoms with van der Waals surface area (Å²) in [4.78, 5) is 0. The first-order valence-electron chi connectivity index (χ1n) is 7.99. The van der Waals surface area contributed by atoms with Crippen molar-refractivity contribution in [1.82, 2.24) is 0 Å². The first kappa shape index (κ1) is 17.9. The van der Waals surface area contributed by atoms with E-state index in [2.05, 4.69) is 20.8 Å². The van der Waals surface area contributed by atoms with Crippen LogP contribution in [0, 0.1) is 11.8 Å². The Hall–Kier alpha value is -0.0800. The summed E-state index contributed by atoms with van der Waals surface area (Å²) in [5.41, 5.74) is 5.29. The Balaban J connectivity index is 3.20. The van der Waals surface area contributed by atoms with Crippen molar-refractivity contribution >= 4 is 0 Å². The van der Waals surface area contributed by atoms with Crippen LogP contribution in [-0.4, -0.2) is 11.3 Å². The number of nitrogens with two attached hydrogens (primary N) is 1. The summed E-state index contributed by atoms with van der Waals surface area (Å²) in [7, 11) is 0. The Morgan fingerprint density at radius 1 is 0.833 bits per heavy atom. The molecule has 3 unspecified atom stereocenters. The zero-order valence-corrected chi connectivity index (χ0v) is 12.8. The highest BCUT2D eigenvalue weighted by molar-refractivity contribution is 4.59. The molecule has 0 saturated heterocycles. The van der Waals surface area contributed by atoms with Crippen molar-refractivity contribution in [2.75, 3.05) is 0 Å². The minimum Gasteiger partial charge on any atom is -0.379 e. The molecule has 0 aliphatic rings. The van der Waals surface area contributed by atoms with Gasteiger partial charge in [-0.2, -0.15) is 0 Å². The average Bonchev–Trinajstić information content (AvgIpc) is 2.31. The van der Waals surface area contributed by atoms with Gasteiger partial charge in [0, 0.05) is 0 Å². The number of unbranched alkanes of at least 4 members (excludes halogenated alkanes) is 5. The molecule has 3 atom stereocenters. The van der Waals surface area contributed by atoms with Crippen LogP contribution >= 0.6 is 0 Å². The van der Waals surface area contributed by atoms with E-state index in [0.717, 1.165) is 24.7 Å². The van der Waals surface area contributed by atoms with Gasteiger partial charge >= 0.3 is 0 Å². The summed E-state index contributed by atoms with van der Waals surface area (Å²) < 4.78 is 0. The summed E-state index contributed by atoms with van der Waals surface area (Å²) in [6, 6.07) is 0. The van der Waals surface area contributed by atoms with E-state index in [1.54, 1.807) is 0 Å². The fraction of sp³-hybridized carbons (Fsp3) is 1.00. The second-order valence-corrected chi connectivity index (χ2v) is 6.12. The zero-order valence-electron chi connectivity index (χ0n) is 12.8. The molecule has 0 saturated carbocycles. The minimum absolute atomic E-state index is 0.605. The summed E-state index contributed by atoms with van der Waals surface area (Å²) in [6.45, 7) is 7.05. The van der Waals surface area contributed by atoms with Crippen molar-refractivity contribution in [1.29, 1.82) is 0 Å². The molecular weight excluding hydrogens is 222 g/mol. The molecule has 0 bridgehead atoms. The minimum atomic E-state index is -0.605. The van der Waals surface area contributed by atoms with Gasteiger partial charge in [0.25, 0.3) is 0 Å². The van der Waals surface area contributed by atoms with Crippen molar-refractivity contribution in [3.63, 3.8) is 0 Å². The fourth-order valence-electron chi connectivity index (χ4n) is 2.52. The Labute approximate surface area is 114 Å². The molecular formula is C16H35NO. The lowest BCUT2D eigenvalue weighted by atomic mass is 9.91. The molecule has 0 aromatic rings. The quantitative estimate of drug-likeness (QED) is 0.400. The maximum Gasteiger partial charge on any atom is 0.102 e. The van der Waals surface area contributed by atoms with Crippen molar-refractivity contribution in [2.45, 2.75) is 91.2 Å². The largest absolute Gasteiger partial charge is 0.379 e. The molecule has 0 aromatic heterocycles. The molecule has 0 fully saturated rings. The van der Waals surface area contributed by atoms with Gasteiger partial charge in [0.05, 0.1) is 0 Å². The van der Waals surface area contributed by atoms with Gasteiger partial charge in [-0.15, -0.1) is 0 Å². The molecule has 0 rings (SSSR count). The van der Waals surface area contributed by atoms with Gasteiger partial charge in [0.15, 0.2) is 0 Å². The first-order chi connectivity index (χ1) is 8.56. The van der Waals surface area contributed by atoms with Crippen LogP contribution in [0.3, 0.4) is 0 Å². The third kappa shape index (κ3) is 12.4. The van der Waals surface area contributed by atoms with Crippen LogP contribution in [0.2, 0.25) is 0 Å². The van der Waals surface area contributed by atoms with Crippen LogP contribution < -0.4 is 5.73 Å². The van der Waals surface area contributed by atoms with Crippen LogP contribution in [0.1, 0.15) is 85.0 Å². The van der Waals surface area contributed by atoms with Crippen LogP contribution in [0.25, 0.3) is 0 Å². The van der Waals surface area contributed by atoms with E-state index in [1.165, 1.54) is 51.4 Å². The lowest BCUT2D eigenvalue weighted by Crippen LogP contribution is -2.17. The lowest BCUT2D eigenvalue weighted by Gasteiger charge is -2.15. The molecule has 0 aliphatic carbocycles. The van der Waals surface area contributed by atoms with Crippen molar-refractivity contribution in [2.24, 2.45) is 17.6 Å². The summed E-state index contributed by atoms with van der Waals surface area (Å²) >= 11 is 0. The molecule has 18 heavy (non-hydrogen) atoms. The third-order valence-corrected chi connectivity index (χ3v) is 3.95. The van der Waals surface area contributed by atoms with Gasteiger partial charge in [0.2, 0.25) is 0 Å². The molecule has 0 amide bonds. The van der Waals surface area contributed by atoms with Gasteiger partial charge in [0.1, 0.15) is 6.23 Å². The number of hydrogen-bond donors (Lipinski definition) is 2. The van der Waals surface area contributed by atoms with Gasteiger partial charge in [-0.05, 0) is 31.1 Å². The number of hydrogen-bond acceptors (Lipinski definition) is 2. The van der Waals surface area contributed by atoms with E-state index in [1.807, 2.05) is 0 Å². The van der Waals surface area contributed by atoms with Gasteiger partial charge in [-0.1, -0.05) is 65.7 Å². The maximum atomic E-state index is 8.92. The smallest absolute Gasteiger partial charge is 0.102 e. The monoisotopic (exact) mass is 257 g/mol. The number of aliphatic hydroxyl groups excluding tert-OH is 1. The SMILES string of the molecule is CCC(C)CC(C)CCCCCCCCC(N)O. The molecule has 0 heterocycles. The third-order valence-electron chi connectivity index (χ3n) is 3.95. The predicted octanol–water partition coefficient (Wildman–Crippen LogP) is 4.46. The van der Waals surface area contributed by atoms with E-state index in [4.69, 9.17) is 10.8 Å². The van der Waals surface area contributed by atoms with Crippen molar-refractivity contribution in [3.05, 3.63) is 0 Å². The molecule has 110 valence electrons. The topological polar surface area (TPSA) is 46.2 Å². The van der Waals surface area contributed by atoms with Gasteiger partial charge in [-0.3, -0.25) is 0 Å². The molecule has 0 aromatic carbocycles. The standard InChI is InChI=1S/C16H35NO/c1-4-14(2)13-15(3)11-9-7-5-6-8-10-12-16(17)18/h14-16,18H,4-13,17H2,1-3H3. The summed E-state index contributed by atoms with van der Waals surface area (Å²) in [5.74, 6) is 1.79. The fourth-order valence-corrected chi connectivity index (χ4v) is 2.52. The Kier molecular flexibility index (Phi) is 11.9. The van der Waals surface area contributed by atoms with E-state index >= 15 is 0 Å². The highest BCUT2D eigenvalue weighted by atomic mass is 16.3. The van der Waals surface area contributed by atoms with E-state index < -0.39 is 6.23 Å². The highest BCUT2D eigenvalue weighted by Gasteiger charge is 2.06. The molecule has 0 aliphatic heterocycles. The van der Waals surface area contributed by atoms with E-state index in [9.17, 15) is 0 Å².